The van der Waals surface area contributed by atoms with E-state index in [1.54, 1.807) is 6.92 Å². The summed E-state index contributed by atoms with van der Waals surface area (Å²) in [5, 5.41) is 0. The van der Waals surface area contributed by atoms with E-state index in [-0.39, 0.29) is 47.2 Å². The molecule has 3 aliphatic heterocycles. The van der Waals surface area contributed by atoms with Crippen LogP contribution in [0.3, 0.4) is 0 Å². The number of allylic oxidation sites excluding steroid dienone is 8. The summed E-state index contributed by atoms with van der Waals surface area (Å²) in [6.07, 6.45) is 13.2. The first-order chi connectivity index (χ1) is 26.8. The number of likely N-dealkylation sites (N-methyl/N-ethyl adjacent to an activating group) is 2. The predicted octanol–water partition coefficient (Wildman–Crippen LogP) is 7.58. The fraction of sp³-hybridized carbons (Fsp3) is 0.417. The molecule has 0 radical (unpaired) electrons. The number of anilines is 2. The van der Waals surface area contributed by atoms with Crippen molar-refractivity contribution in [3.05, 3.63) is 131 Å². The maximum absolute atomic E-state index is 11.6. The van der Waals surface area contributed by atoms with Gasteiger partial charge in [-0.2, -0.15) is 0 Å². The standard InChI is InChI=1S/C48H57I2N4O2.HI/c1-8-53-41-19-12-10-17-37(41)47(4,5)43(53)23-21-35-15-14-16-36(22-24-44-48(6,7)38-18-11-13-20-42(38)54(44)9-2)45(35)52-27-25-51(26-28-52)31-34-29-39(49)46(40(50)30-34)56-32-33(3)55;/h10-13,17-24,29-30H,8-9,14-16,25-28,31-32H2,1-7H3;1H/q+1;/p-1. The van der Waals surface area contributed by atoms with Gasteiger partial charge >= 0.3 is 0 Å². The molecular formula is C48H57I3N4O2. The summed E-state index contributed by atoms with van der Waals surface area (Å²) in [5.41, 5.74) is 13.8. The molecule has 7 rings (SSSR count). The van der Waals surface area contributed by atoms with Gasteiger partial charge in [-0.05, 0) is 138 Å². The number of benzene rings is 3. The number of nitrogens with zero attached hydrogens (tertiary/aromatic N) is 4. The third kappa shape index (κ3) is 8.87. The van der Waals surface area contributed by atoms with Crippen molar-refractivity contribution in [2.45, 2.75) is 85.1 Å². The number of hydrogen-bond acceptors (Lipinski definition) is 5. The Kier molecular flexibility index (Phi) is 14.2. The monoisotopic (exact) mass is 1100 g/mol. The molecule has 1 saturated carbocycles. The van der Waals surface area contributed by atoms with Crippen LogP contribution in [0.25, 0.3) is 0 Å². The number of rotatable bonds is 9. The van der Waals surface area contributed by atoms with Crippen molar-refractivity contribution < 1.29 is 38.1 Å². The number of carbonyl (C=O) groups is 1. The lowest BCUT2D eigenvalue weighted by atomic mass is 9.82. The van der Waals surface area contributed by atoms with Gasteiger partial charge in [-0.3, -0.25) is 9.69 Å². The van der Waals surface area contributed by atoms with Crippen molar-refractivity contribution in [2.75, 3.05) is 55.7 Å². The minimum atomic E-state index is -0.0622. The smallest absolute Gasteiger partial charge is 0.206 e. The van der Waals surface area contributed by atoms with Gasteiger partial charge in [0.15, 0.2) is 18.9 Å². The molecule has 3 aromatic carbocycles. The first-order valence-electron chi connectivity index (χ1n) is 20.4. The first kappa shape index (κ1) is 44.1. The molecule has 6 nitrogen and oxygen atoms in total. The van der Waals surface area contributed by atoms with Crippen LogP contribution in [0.5, 0.6) is 5.75 Å². The fourth-order valence-electron chi connectivity index (χ4n) is 9.37. The van der Waals surface area contributed by atoms with E-state index in [1.807, 2.05) is 0 Å². The van der Waals surface area contributed by atoms with Crippen molar-refractivity contribution in [3.8, 4) is 5.75 Å². The number of carbonyl (C=O) groups excluding carboxylic acids is 1. The van der Waals surface area contributed by atoms with Gasteiger partial charge in [0.25, 0.3) is 0 Å². The quantitative estimate of drug-likeness (QED) is 0.164. The summed E-state index contributed by atoms with van der Waals surface area (Å²) < 4.78 is 10.6. The summed E-state index contributed by atoms with van der Waals surface area (Å²) in [6, 6.07) is 22.3. The maximum atomic E-state index is 11.6. The van der Waals surface area contributed by atoms with Crippen LogP contribution in [0.2, 0.25) is 0 Å². The summed E-state index contributed by atoms with van der Waals surface area (Å²) in [6.45, 7) is 22.5. The van der Waals surface area contributed by atoms with E-state index in [1.165, 1.54) is 56.3 Å². The van der Waals surface area contributed by atoms with Crippen LogP contribution < -0.4 is 38.5 Å². The molecular weight excluding hydrogens is 1050 g/mol. The molecule has 57 heavy (non-hydrogen) atoms. The second kappa shape index (κ2) is 18.4. The SMILES string of the molecule is CCN1C(=CC=C2CCC/C(=C\C=C3\N(CC)c4ccccc4C3(C)C)C2=[N+]2CCN(Cc3cc(I)c(OCC(C)=O)c(I)c3)CC2)C(C)(C)c2ccccc21.[I-]. The molecule has 0 unspecified atom stereocenters. The molecule has 0 spiro atoms. The Labute approximate surface area is 385 Å². The van der Waals surface area contributed by atoms with E-state index in [4.69, 9.17) is 4.74 Å². The van der Waals surface area contributed by atoms with Gasteiger partial charge in [-0.25, -0.2) is 4.58 Å². The fourth-order valence-corrected chi connectivity index (χ4v) is 11.6. The highest BCUT2D eigenvalue weighted by atomic mass is 127. The van der Waals surface area contributed by atoms with Crippen molar-refractivity contribution >= 4 is 68.1 Å². The normalized spacial score (nSPS) is 21.7. The van der Waals surface area contributed by atoms with E-state index < -0.39 is 0 Å². The maximum Gasteiger partial charge on any atom is 0.206 e. The first-order valence-corrected chi connectivity index (χ1v) is 22.5. The molecule has 1 aliphatic carbocycles. The van der Waals surface area contributed by atoms with Crippen LogP contribution in [0.15, 0.2) is 108 Å². The van der Waals surface area contributed by atoms with Crippen LogP contribution in [0.1, 0.15) is 84.4 Å². The molecule has 2 fully saturated rings. The lowest BCUT2D eigenvalue weighted by molar-refractivity contribution is -0.539. The minimum Gasteiger partial charge on any atom is -1.00 e. The van der Waals surface area contributed by atoms with Gasteiger partial charge in [-0.15, -0.1) is 0 Å². The topological polar surface area (TPSA) is 39.0 Å². The molecule has 9 heteroatoms. The Morgan fingerprint density at radius 2 is 1.25 bits per heavy atom. The van der Waals surface area contributed by atoms with E-state index in [0.29, 0.717) is 0 Å². The molecule has 0 amide bonds. The summed E-state index contributed by atoms with van der Waals surface area (Å²) >= 11 is 4.69. The second-order valence-electron chi connectivity index (χ2n) is 16.6. The third-order valence-corrected chi connectivity index (χ3v) is 13.8. The third-order valence-electron chi connectivity index (χ3n) is 12.2. The van der Waals surface area contributed by atoms with Gasteiger partial charge in [0.1, 0.15) is 12.4 Å². The minimum absolute atomic E-state index is 0. The molecule has 0 N–H and O–H groups in total. The molecule has 0 aromatic heterocycles. The average molecular weight is 1100 g/mol. The van der Waals surface area contributed by atoms with E-state index in [2.05, 4.69) is 191 Å². The Balaban J connectivity index is 0.00000549. The van der Waals surface area contributed by atoms with E-state index >= 15 is 0 Å². The highest BCUT2D eigenvalue weighted by molar-refractivity contribution is 14.1. The summed E-state index contributed by atoms with van der Waals surface area (Å²) in [7, 11) is 0. The lowest BCUT2D eigenvalue weighted by Gasteiger charge is -2.29. The molecule has 0 bridgehead atoms. The Hall–Kier alpha value is -2.49. The molecule has 3 aromatic rings. The van der Waals surface area contributed by atoms with Crippen molar-refractivity contribution in [2.24, 2.45) is 0 Å². The number of fused-ring (bicyclic) bond motifs is 2. The van der Waals surface area contributed by atoms with Crippen LogP contribution in [0.4, 0.5) is 11.4 Å². The number of ketones is 1. The zero-order valence-corrected chi connectivity index (χ0v) is 41.1. The number of piperazine rings is 1. The molecule has 0 atom stereocenters. The zero-order chi connectivity index (χ0) is 39.8. The van der Waals surface area contributed by atoms with Gasteiger partial charge in [0.2, 0.25) is 5.71 Å². The van der Waals surface area contributed by atoms with E-state index in [0.717, 1.165) is 78.0 Å². The largest absolute Gasteiger partial charge is 1.00 e. The zero-order valence-electron chi connectivity index (χ0n) is 34.6. The second-order valence-corrected chi connectivity index (χ2v) is 18.9. The van der Waals surface area contributed by atoms with Crippen LogP contribution in [-0.2, 0) is 22.2 Å². The number of halogens is 3. The van der Waals surface area contributed by atoms with Crippen molar-refractivity contribution in [3.63, 3.8) is 0 Å². The Morgan fingerprint density at radius 3 is 1.70 bits per heavy atom. The Bertz CT molecular complexity index is 2040. The van der Waals surface area contributed by atoms with Gasteiger partial charge < -0.3 is 38.5 Å². The highest BCUT2D eigenvalue weighted by Gasteiger charge is 2.40. The lowest BCUT2D eigenvalue weighted by Crippen LogP contribution is -3.00. The number of para-hydroxylation sites is 2. The highest BCUT2D eigenvalue weighted by Crippen LogP contribution is 2.49. The van der Waals surface area contributed by atoms with Crippen LogP contribution >= 0.6 is 45.2 Å². The molecule has 302 valence electrons. The van der Waals surface area contributed by atoms with Crippen LogP contribution in [-0.4, -0.2) is 66.8 Å². The Morgan fingerprint density at radius 1 is 0.772 bits per heavy atom. The van der Waals surface area contributed by atoms with Crippen LogP contribution in [0, 0.1) is 7.14 Å². The number of Topliss-reactive ketones (excluding diaryl/α,β-unsaturated/α-hetero) is 1. The van der Waals surface area contributed by atoms with E-state index in [9.17, 15) is 4.79 Å². The molecule has 4 aliphatic rings. The van der Waals surface area contributed by atoms with Crippen molar-refractivity contribution in [1.82, 2.24) is 4.90 Å². The van der Waals surface area contributed by atoms with Gasteiger partial charge in [-0.1, -0.05) is 76.2 Å². The number of hydrogen-bond donors (Lipinski definition) is 0. The predicted molar refractivity (Wildman–Crippen MR) is 249 cm³/mol. The summed E-state index contributed by atoms with van der Waals surface area (Å²) in [5.74, 6) is 0.844. The summed E-state index contributed by atoms with van der Waals surface area (Å²) in [4.78, 5) is 19.2. The molecule has 3 heterocycles. The number of ether oxygens (including phenoxy) is 1. The van der Waals surface area contributed by atoms with Crippen molar-refractivity contribution in [1.29, 1.82) is 0 Å². The van der Waals surface area contributed by atoms with Gasteiger partial charge in [0.05, 0.1) is 20.2 Å². The van der Waals surface area contributed by atoms with Gasteiger partial charge in [0, 0.05) is 64.4 Å². The average Bonchev–Trinajstić information content (AvgIpc) is 3.54. The molecule has 1 saturated heterocycles.